The van der Waals surface area contributed by atoms with Crippen LogP contribution in [0.1, 0.15) is 18.5 Å². The summed E-state index contributed by atoms with van der Waals surface area (Å²) in [5.41, 5.74) is 0.982. The van der Waals surface area contributed by atoms with E-state index in [2.05, 4.69) is 22.7 Å². The first-order valence-electron chi connectivity index (χ1n) is 6.63. The van der Waals surface area contributed by atoms with E-state index >= 15 is 0 Å². The predicted octanol–water partition coefficient (Wildman–Crippen LogP) is 0.374. The van der Waals surface area contributed by atoms with Gasteiger partial charge >= 0.3 is 5.97 Å². The number of hydrogen-bond donors (Lipinski definition) is 2. The molecule has 2 N–H and O–H groups in total. The van der Waals surface area contributed by atoms with E-state index in [4.69, 9.17) is 0 Å². The molecular formula is C12H20BN3O2. The largest absolute Gasteiger partial charge is 0.481 e. The number of rotatable bonds is 6. The number of carboxylic acids is 1. The number of aromatic amines is 1. The fourth-order valence-corrected chi connectivity index (χ4v) is 2.73. The number of carboxylic acid groups (broad SMARTS) is 1. The van der Waals surface area contributed by atoms with Gasteiger partial charge in [-0.3, -0.25) is 9.69 Å². The Labute approximate surface area is 108 Å². The molecule has 1 aromatic rings. The first-order valence-corrected chi connectivity index (χ1v) is 6.63. The highest BCUT2D eigenvalue weighted by molar-refractivity contribution is 6.08. The Balaban J connectivity index is 1.93. The summed E-state index contributed by atoms with van der Waals surface area (Å²) in [7, 11) is 2.15. The fraction of sp³-hybridized carbons (Fsp3) is 0.667. The second-order valence-corrected chi connectivity index (χ2v) is 5.10. The van der Waals surface area contributed by atoms with Crippen molar-refractivity contribution in [2.75, 3.05) is 13.1 Å². The Bertz CT molecular complexity index is 383. The van der Waals surface area contributed by atoms with Gasteiger partial charge in [-0.1, -0.05) is 12.7 Å². The van der Waals surface area contributed by atoms with E-state index in [-0.39, 0.29) is 5.92 Å². The van der Waals surface area contributed by atoms with Gasteiger partial charge < -0.3 is 10.1 Å². The minimum atomic E-state index is -0.652. The lowest BCUT2D eigenvalue weighted by molar-refractivity contribution is -0.142. The molecule has 0 radical (unpaired) electrons. The van der Waals surface area contributed by atoms with Crippen LogP contribution in [0.15, 0.2) is 12.5 Å². The molecule has 18 heavy (non-hydrogen) atoms. The molecule has 0 aliphatic carbocycles. The van der Waals surface area contributed by atoms with Crippen LogP contribution in [0.5, 0.6) is 0 Å². The van der Waals surface area contributed by atoms with E-state index in [9.17, 15) is 9.90 Å². The zero-order valence-electron chi connectivity index (χ0n) is 10.8. The maximum Gasteiger partial charge on any atom is 0.308 e. The molecule has 1 aliphatic heterocycles. The number of aliphatic carboxylic acids is 1. The highest BCUT2D eigenvalue weighted by Gasteiger charge is 2.36. The van der Waals surface area contributed by atoms with Gasteiger partial charge in [0.15, 0.2) is 0 Å². The van der Waals surface area contributed by atoms with Crippen molar-refractivity contribution in [2.24, 2.45) is 11.8 Å². The Kier molecular flexibility index (Phi) is 4.41. The zero-order valence-corrected chi connectivity index (χ0v) is 10.8. The Hall–Kier alpha value is -1.30. The third-order valence-electron chi connectivity index (χ3n) is 3.70. The van der Waals surface area contributed by atoms with Crippen molar-refractivity contribution in [2.45, 2.75) is 25.7 Å². The zero-order chi connectivity index (χ0) is 13.0. The van der Waals surface area contributed by atoms with Crippen LogP contribution in [0, 0.1) is 11.8 Å². The number of imidazole rings is 1. The van der Waals surface area contributed by atoms with E-state index in [0.717, 1.165) is 37.9 Å². The molecule has 98 valence electrons. The van der Waals surface area contributed by atoms with Crippen molar-refractivity contribution in [1.29, 1.82) is 0 Å². The summed E-state index contributed by atoms with van der Waals surface area (Å²) in [6, 6.07) is 0. The minimum absolute atomic E-state index is 0.213. The van der Waals surface area contributed by atoms with Crippen molar-refractivity contribution in [1.82, 2.24) is 14.9 Å². The number of nitrogens with zero attached hydrogens (tertiary/aromatic N) is 2. The first kappa shape index (κ1) is 13.1. The lowest BCUT2D eigenvalue weighted by Crippen LogP contribution is -2.23. The van der Waals surface area contributed by atoms with Crippen molar-refractivity contribution in [3.05, 3.63) is 18.2 Å². The Morgan fingerprint density at radius 2 is 2.44 bits per heavy atom. The van der Waals surface area contributed by atoms with Crippen molar-refractivity contribution >= 4 is 13.8 Å². The molecule has 0 unspecified atom stereocenters. The van der Waals surface area contributed by atoms with Gasteiger partial charge in [0.1, 0.15) is 7.85 Å². The van der Waals surface area contributed by atoms with Crippen molar-refractivity contribution < 1.29 is 9.90 Å². The monoisotopic (exact) mass is 249 g/mol. The molecule has 0 spiro atoms. The van der Waals surface area contributed by atoms with E-state index in [1.807, 2.05) is 6.20 Å². The highest BCUT2D eigenvalue weighted by atomic mass is 16.4. The highest BCUT2D eigenvalue weighted by Crippen LogP contribution is 2.28. The number of carbonyl (C=O) groups is 1. The summed E-state index contributed by atoms with van der Waals surface area (Å²) in [5.74, 6) is -0.572. The quantitative estimate of drug-likeness (QED) is 0.715. The van der Waals surface area contributed by atoms with E-state index < -0.39 is 5.97 Å². The third-order valence-corrected chi connectivity index (χ3v) is 3.70. The molecule has 0 saturated carbocycles. The summed E-state index contributed by atoms with van der Waals surface area (Å²) in [5, 5.41) is 9.28. The molecule has 1 saturated heterocycles. The van der Waals surface area contributed by atoms with Gasteiger partial charge in [0.2, 0.25) is 0 Å². The van der Waals surface area contributed by atoms with Crippen LogP contribution >= 0.6 is 0 Å². The van der Waals surface area contributed by atoms with Gasteiger partial charge in [0.05, 0.1) is 17.9 Å². The number of nitrogens with one attached hydrogen (secondary N) is 1. The molecule has 0 bridgehead atoms. The lowest BCUT2D eigenvalue weighted by atomic mass is 9.88. The van der Waals surface area contributed by atoms with Gasteiger partial charge in [-0.05, 0) is 12.3 Å². The summed E-state index contributed by atoms with van der Waals surface area (Å²) in [6.45, 7) is 2.27. The van der Waals surface area contributed by atoms with Gasteiger partial charge in [0.25, 0.3) is 0 Å². The van der Waals surface area contributed by atoms with Crippen molar-refractivity contribution in [3.8, 4) is 0 Å². The predicted molar refractivity (Wildman–Crippen MR) is 71.1 cm³/mol. The number of aromatic nitrogens is 2. The molecule has 0 aromatic carbocycles. The Morgan fingerprint density at radius 3 is 3.06 bits per heavy atom. The molecule has 1 aliphatic rings. The lowest BCUT2D eigenvalue weighted by Gasteiger charge is -2.14. The number of hydrogen-bond acceptors (Lipinski definition) is 3. The number of likely N-dealkylation sites (tertiary alicyclic amines) is 1. The van der Waals surface area contributed by atoms with Crippen LogP contribution in [-0.4, -0.2) is 46.9 Å². The van der Waals surface area contributed by atoms with Crippen LogP contribution in [-0.2, 0) is 11.3 Å². The molecule has 1 aromatic heterocycles. The van der Waals surface area contributed by atoms with E-state index in [1.165, 1.54) is 0 Å². The summed E-state index contributed by atoms with van der Waals surface area (Å²) in [4.78, 5) is 20.6. The summed E-state index contributed by atoms with van der Waals surface area (Å²) in [6.07, 6.45) is 6.79. The average Bonchev–Trinajstić information content (AvgIpc) is 2.96. The molecule has 2 atom stereocenters. The standard InChI is InChI=1S/C12H20BN3O2/c13-3-1-2-9-5-16(7-11(9)12(17)18)6-10-4-14-8-15-10/h4,8-9,11H,1-3,5-7,13H2,(H,14,15)(H,17,18)/t9-,11+/m0/s1. The first-order chi connectivity index (χ1) is 8.70. The topological polar surface area (TPSA) is 69.2 Å². The third kappa shape index (κ3) is 3.13. The SMILES string of the molecule is BCCC[C@H]1CN(Cc2c[nH]cn2)C[C@H]1C(=O)O. The van der Waals surface area contributed by atoms with Crippen LogP contribution < -0.4 is 0 Å². The maximum absolute atomic E-state index is 11.3. The molecular weight excluding hydrogens is 229 g/mol. The van der Waals surface area contributed by atoms with Gasteiger partial charge in [-0.25, -0.2) is 4.98 Å². The molecule has 1 fully saturated rings. The molecule has 2 rings (SSSR count). The van der Waals surface area contributed by atoms with Crippen LogP contribution in [0.3, 0.4) is 0 Å². The molecule has 2 heterocycles. The molecule has 6 heteroatoms. The van der Waals surface area contributed by atoms with Crippen LogP contribution in [0.25, 0.3) is 0 Å². The van der Waals surface area contributed by atoms with E-state index in [0.29, 0.717) is 12.5 Å². The molecule has 0 amide bonds. The second kappa shape index (κ2) is 6.04. The van der Waals surface area contributed by atoms with Gasteiger partial charge in [0, 0.05) is 25.8 Å². The van der Waals surface area contributed by atoms with Crippen LogP contribution in [0.4, 0.5) is 0 Å². The number of H-pyrrole nitrogens is 1. The van der Waals surface area contributed by atoms with Crippen LogP contribution in [0.2, 0.25) is 6.32 Å². The molecule has 5 nitrogen and oxygen atoms in total. The fourth-order valence-electron chi connectivity index (χ4n) is 2.73. The van der Waals surface area contributed by atoms with E-state index in [1.54, 1.807) is 6.33 Å². The summed E-state index contributed by atoms with van der Waals surface area (Å²) >= 11 is 0. The Morgan fingerprint density at radius 1 is 1.61 bits per heavy atom. The second-order valence-electron chi connectivity index (χ2n) is 5.10. The average molecular weight is 249 g/mol. The summed E-state index contributed by atoms with van der Waals surface area (Å²) < 4.78 is 0. The normalized spacial score (nSPS) is 24.4. The van der Waals surface area contributed by atoms with Gasteiger partial charge in [-0.15, -0.1) is 0 Å². The smallest absolute Gasteiger partial charge is 0.308 e. The maximum atomic E-state index is 11.3. The van der Waals surface area contributed by atoms with Crippen molar-refractivity contribution in [3.63, 3.8) is 0 Å². The van der Waals surface area contributed by atoms with Gasteiger partial charge in [-0.2, -0.15) is 0 Å². The minimum Gasteiger partial charge on any atom is -0.481 e.